The van der Waals surface area contributed by atoms with Gasteiger partial charge in [-0.1, -0.05) is 13.0 Å². The van der Waals surface area contributed by atoms with E-state index in [4.69, 9.17) is 0 Å². The Morgan fingerprint density at radius 3 is 2.59 bits per heavy atom. The van der Waals surface area contributed by atoms with E-state index < -0.39 is 17.6 Å². The number of benzene rings is 1. The van der Waals surface area contributed by atoms with Crippen molar-refractivity contribution >= 4 is 12.4 Å². The highest BCUT2D eigenvalue weighted by atomic mass is 35.5. The molecule has 2 nitrogen and oxygen atoms in total. The van der Waals surface area contributed by atoms with E-state index in [0.29, 0.717) is 6.07 Å². The molecule has 1 heterocycles. The summed E-state index contributed by atoms with van der Waals surface area (Å²) in [6.45, 7) is 4.63. The highest BCUT2D eigenvalue weighted by Gasteiger charge is 2.34. The van der Waals surface area contributed by atoms with Crippen molar-refractivity contribution < 1.29 is 17.6 Å². The molecule has 1 aliphatic rings. The summed E-state index contributed by atoms with van der Waals surface area (Å²) in [5.41, 5.74) is -0.723. The number of alkyl halides is 3. The summed E-state index contributed by atoms with van der Waals surface area (Å²) in [4.78, 5) is 2.06. The van der Waals surface area contributed by atoms with Gasteiger partial charge in [-0.05, 0) is 43.6 Å². The topological polar surface area (TPSA) is 15.3 Å². The van der Waals surface area contributed by atoms with E-state index >= 15 is 0 Å². The van der Waals surface area contributed by atoms with E-state index in [1.807, 2.05) is 6.92 Å². The molecular weight excluding hydrogens is 320 g/mol. The molecule has 1 fully saturated rings. The van der Waals surface area contributed by atoms with E-state index in [-0.39, 0.29) is 30.6 Å². The standard InChI is InChI=1S/C15H20F4N2.ClH/c1-2-7-21(13-5-6-20-9-13)10-11-3-4-12(16)8-14(11)15(17,18)19;/h3-4,8,13,20H,2,5-7,9-10H2,1H3;1H. The van der Waals surface area contributed by atoms with Gasteiger partial charge in [0.2, 0.25) is 0 Å². The lowest BCUT2D eigenvalue weighted by molar-refractivity contribution is -0.138. The summed E-state index contributed by atoms with van der Waals surface area (Å²) < 4.78 is 52.3. The monoisotopic (exact) mass is 340 g/mol. The van der Waals surface area contributed by atoms with Crippen LogP contribution in [0.25, 0.3) is 0 Å². The van der Waals surface area contributed by atoms with Crippen molar-refractivity contribution in [3.8, 4) is 0 Å². The molecule has 7 heteroatoms. The fourth-order valence-electron chi connectivity index (χ4n) is 2.80. The number of nitrogens with one attached hydrogen (secondary N) is 1. The quantitative estimate of drug-likeness (QED) is 0.819. The van der Waals surface area contributed by atoms with Crippen LogP contribution in [0.4, 0.5) is 17.6 Å². The minimum Gasteiger partial charge on any atom is -0.315 e. The predicted molar refractivity (Wildman–Crippen MR) is 80.6 cm³/mol. The highest BCUT2D eigenvalue weighted by Crippen LogP contribution is 2.33. The van der Waals surface area contributed by atoms with Crippen molar-refractivity contribution in [3.05, 3.63) is 35.1 Å². The maximum atomic E-state index is 13.1. The maximum absolute atomic E-state index is 13.1. The van der Waals surface area contributed by atoms with Crippen LogP contribution in [0.1, 0.15) is 30.9 Å². The number of hydrogen-bond acceptors (Lipinski definition) is 2. The summed E-state index contributed by atoms with van der Waals surface area (Å²) in [6.07, 6.45) is -2.72. The molecule has 0 radical (unpaired) electrons. The largest absolute Gasteiger partial charge is 0.416 e. The Labute approximate surface area is 134 Å². The normalized spacial score (nSPS) is 18.5. The highest BCUT2D eigenvalue weighted by molar-refractivity contribution is 5.85. The average molecular weight is 341 g/mol. The molecule has 2 rings (SSSR count). The van der Waals surface area contributed by atoms with Crippen molar-refractivity contribution in [1.29, 1.82) is 0 Å². The van der Waals surface area contributed by atoms with Gasteiger partial charge in [-0.3, -0.25) is 4.90 Å². The van der Waals surface area contributed by atoms with Crippen molar-refractivity contribution in [2.24, 2.45) is 0 Å². The van der Waals surface area contributed by atoms with Crippen LogP contribution < -0.4 is 5.32 Å². The Hall–Kier alpha value is -0.850. The summed E-state index contributed by atoms with van der Waals surface area (Å²) >= 11 is 0. The number of rotatable bonds is 5. The summed E-state index contributed by atoms with van der Waals surface area (Å²) in [5.74, 6) is -0.851. The van der Waals surface area contributed by atoms with Gasteiger partial charge in [0.05, 0.1) is 5.56 Å². The first-order chi connectivity index (χ1) is 9.91. The second kappa shape index (κ2) is 8.13. The fraction of sp³-hybridized carbons (Fsp3) is 0.600. The minimum atomic E-state index is -4.52. The van der Waals surface area contributed by atoms with Crippen LogP contribution in [-0.2, 0) is 12.7 Å². The molecule has 1 aromatic carbocycles. The molecule has 1 unspecified atom stereocenters. The van der Waals surface area contributed by atoms with Gasteiger partial charge in [-0.2, -0.15) is 13.2 Å². The first kappa shape index (κ1) is 19.2. The lowest BCUT2D eigenvalue weighted by Crippen LogP contribution is -2.37. The molecule has 0 aliphatic carbocycles. The zero-order valence-electron chi connectivity index (χ0n) is 12.4. The smallest absolute Gasteiger partial charge is 0.315 e. The third kappa shape index (κ3) is 4.83. The van der Waals surface area contributed by atoms with Gasteiger partial charge in [-0.15, -0.1) is 12.4 Å². The molecule has 0 spiro atoms. The zero-order valence-corrected chi connectivity index (χ0v) is 13.2. The van der Waals surface area contributed by atoms with E-state index in [1.54, 1.807) is 0 Å². The lowest BCUT2D eigenvalue weighted by Gasteiger charge is -2.29. The molecule has 0 saturated carbocycles. The zero-order chi connectivity index (χ0) is 15.5. The molecule has 1 atom stereocenters. The van der Waals surface area contributed by atoms with Gasteiger partial charge >= 0.3 is 6.18 Å². The van der Waals surface area contributed by atoms with Gasteiger partial charge in [0, 0.05) is 19.1 Å². The Kier molecular flexibility index (Phi) is 7.09. The number of hydrogen-bond donors (Lipinski definition) is 1. The fourth-order valence-corrected chi connectivity index (χ4v) is 2.80. The molecule has 0 aromatic heterocycles. The van der Waals surface area contributed by atoms with Gasteiger partial charge in [0.15, 0.2) is 0 Å². The van der Waals surface area contributed by atoms with Gasteiger partial charge in [-0.25, -0.2) is 4.39 Å². The third-order valence-corrected chi connectivity index (χ3v) is 3.81. The predicted octanol–water partition coefficient (Wildman–Crippen LogP) is 3.84. The molecule has 0 bridgehead atoms. The molecule has 22 heavy (non-hydrogen) atoms. The van der Waals surface area contributed by atoms with Crippen molar-refractivity contribution in [3.63, 3.8) is 0 Å². The van der Waals surface area contributed by atoms with Crippen LogP contribution in [0.5, 0.6) is 0 Å². The van der Waals surface area contributed by atoms with E-state index in [1.165, 1.54) is 6.07 Å². The number of nitrogens with zero attached hydrogens (tertiary/aromatic N) is 1. The summed E-state index contributed by atoms with van der Waals surface area (Å²) in [7, 11) is 0. The maximum Gasteiger partial charge on any atom is 0.416 e. The Morgan fingerprint density at radius 1 is 1.32 bits per heavy atom. The van der Waals surface area contributed by atoms with E-state index in [0.717, 1.165) is 38.5 Å². The Bertz CT molecular complexity index is 473. The molecule has 1 aromatic rings. The first-order valence-corrected chi connectivity index (χ1v) is 7.22. The van der Waals surface area contributed by atoms with Crippen LogP contribution in [0, 0.1) is 5.82 Å². The number of halogens is 5. The van der Waals surface area contributed by atoms with E-state index in [9.17, 15) is 17.6 Å². The van der Waals surface area contributed by atoms with Gasteiger partial charge in [0.1, 0.15) is 5.82 Å². The first-order valence-electron chi connectivity index (χ1n) is 7.22. The van der Waals surface area contributed by atoms with Crippen molar-refractivity contribution in [2.75, 3.05) is 19.6 Å². The molecule has 0 amide bonds. The van der Waals surface area contributed by atoms with Crippen molar-refractivity contribution in [2.45, 2.75) is 38.5 Å². The molecule has 1 saturated heterocycles. The molecular formula is C15H21ClF4N2. The van der Waals surface area contributed by atoms with Crippen LogP contribution in [0.3, 0.4) is 0 Å². The second-order valence-electron chi connectivity index (χ2n) is 5.42. The summed E-state index contributed by atoms with van der Waals surface area (Å²) in [5, 5.41) is 3.23. The van der Waals surface area contributed by atoms with Crippen molar-refractivity contribution in [1.82, 2.24) is 10.2 Å². The second-order valence-corrected chi connectivity index (χ2v) is 5.42. The SMILES string of the molecule is CCCN(Cc1ccc(F)cc1C(F)(F)F)C1CCNC1.Cl. The van der Waals surface area contributed by atoms with Crippen LogP contribution in [-0.4, -0.2) is 30.6 Å². The van der Waals surface area contributed by atoms with Gasteiger partial charge < -0.3 is 5.32 Å². The molecule has 1 N–H and O–H groups in total. The summed E-state index contributed by atoms with van der Waals surface area (Å²) in [6, 6.07) is 3.19. The Balaban J connectivity index is 0.00000242. The lowest BCUT2D eigenvalue weighted by atomic mass is 10.0. The Morgan fingerprint density at radius 2 is 2.05 bits per heavy atom. The van der Waals surface area contributed by atoms with Crippen LogP contribution >= 0.6 is 12.4 Å². The average Bonchev–Trinajstić information content (AvgIpc) is 2.93. The van der Waals surface area contributed by atoms with Crippen LogP contribution in [0.15, 0.2) is 18.2 Å². The molecule has 126 valence electrons. The van der Waals surface area contributed by atoms with Crippen LogP contribution in [0.2, 0.25) is 0 Å². The third-order valence-electron chi connectivity index (χ3n) is 3.81. The van der Waals surface area contributed by atoms with Gasteiger partial charge in [0.25, 0.3) is 0 Å². The van der Waals surface area contributed by atoms with E-state index in [2.05, 4.69) is 10.2 Å². The molecule has 1 aliphatic heterocycles. The minimum absolute atomic E-state index is 0.